The molecule has 0 bridgehead atoms. The predicted molar refractivity (Wildman–Crippen MR) is 59.4 cm³/mol. The Labute approximate surface area is 96.7 Å². The lowest BCUT2D eigenvalue weighted by Crippen LogP contribution is -2.11. The summed E-state index contributed by atoms with van der Waals surface area (Å²) >= 11 is 0. The molecule has 1 saturated carbocycles. The van der Waals surface area contributed by atoms with Gasteiger partial charge in [0.05, 0.1) is 5.39 Å². The topological polar surface area (TPSA) is 55.1 Å². The van der Waals surface area contributed by atoms with Crippen LogP contribution in [0.3, 0.4) is 0 Å². The molecule has 4 nitrogen and oxygen atoms in total. The zero-order chi connectivity index (χ0) is 12.0. The molecule has 5 heteroatoms. The van der Waals surface area contributed by atoms with Crippen LogP contribution < -0.4 is 0 Å². The second-order valence-electron chi connectivity index (χ2n) is 4.40. The van der Waals surface area contributed by atoms with E-state index in [4.69, 9.17) is 5.11 Å². The molecule has 1 fully saturated rings. The van der Waals surface area contributed by atoms with Gasteiger partial charge in [-0.1, -0.05) is 0 Å². The van der Waals surface area contributed by atoms with Gasteiger partial charge in [-0.3, -0.25) is 0 Å². The molecular formula is C12H11FN2O2. The first-order valence-electron chi connectivity index (χ1n) is 5.54. The lowest BCUT2D eigenvalue weighted by molar-refractivity contribution is 0.0680. The first-order valence-corrected chi connectivity index (χ1v) is 5.54. The summed E-state index contributed by atoms with van der Waals surface area (Å²) < 4.78 is 15.5. The van der Waals surface area contributed by atoms with Crippen molar-refractivity contribution >= 4 is 17.0 Å². The van der Waals surface area contributed by atoms with Gasteiger partial charge in [-0.05, 0) is 30.9 Å². The molecule has 1 aliphatic rings. The molecule has 3 rings (SSSR count). The van der Waals surface area contributed by atoms with E-state index in [-0.39, 0.29) is 11.1 Å². The second-order valence-corrected chi connectivity index (χ2v) is 4.40. The van der Waals surface area contributed by atoms with Crippen molar-refractivity contribution in [3.63, 3.8) is 0 Å². The molecule has 0 aliphatic heterocycles. The molecular weight excluding hydrogens is 223 g/mol. The van der Waals surface area contributed by atoms with E-state index in [0.29, 0.717) is 18.1 Å². The van der Waals surface area contributed by atoms with Crippen molar-refractivity contribution < 1.29 is 14.3 Å². The van der Waals surface area contributed by atoms with E-state index in [2.05, 4.69) is 4.98 Å². The first kappa shape index (κ1) is 10.3. The Balaban J connectivity index is 2.26. The van der Waals surface area contributed by atoms with E-state index in [1.54, 1.807) is 18.3 Å². The molecule has 0 spiro atoms. The van der Waals surface area contributed by atoms with Crippen LogP contribution in [0.2, 0.25) is 0 Å². The molecule has 2 heterocycles. The van der Waals surface area contributed by atoms with Crippen molar-refractivity contribution in [2.45, 2.75) is 19.4 Å². The summed E-state index contributed by atoms with van der Waals surface area (Å²) in [4.78, 5) is 15.2. The minimum absolute atomic E-state index is 0.273. The maximum absolute atomic E-state index is 14.0. The Morgan fingerprint density at radius 2 is 2.35 bits per heavy atom. The maximum atomic E-state index is 14.0. The quantitative estimate of drug-likeness (QED) is 0.886. The molecule has 2 aromatic rings. The van der Waals surface area contributed by atoms with Crippen molar-refractivity contribution in [2.75, 3.05) is 0 Å². The van der Waals surface area contributed by atoms with Crippen LogP contribution >= 0.6 is 0 Å². The van der Waals surface area contributed by atoms with Crippen molar-refractivity contribution in [3.05, 3.63) is 29.8 Å². The number of pyridine rings is 1. The average molecular weight is 234 g/mol. The summed E-state index contributed by atoms with van der Waals surface area (Å²) in [5.74, 6) is -1.45. The molecule has 0 aromatic carbocycles. The summed E-state index contributed by atoms with van der Waals surface area (Å²) in [7, 11) is 0. The van der Waals surface area contributed by atoms with Gasteiger partial charge in [0.15, 0.2) is 11.5 Å². The minimum atomic E-state index is -1.24. The lowest BCUT2D eigenvalue weighted by atomic mass is 10.3. The summed E-state index contributed by atoms with van der Waals surface area (Å²) in [6.45, 7) is 0.541. The molecule has 1 N–H and O–H groups in total. The Bertz CT molecular complexity index is 602. The third-order valence-electron chi connectivity index (χ3n) is 3.10. The molecule has 0 unspecified atom stereocenters. The van der Waals surface area contributed by atoms with Gasteiger partial charge >= 0.3 is 5.97 Å². The van der Waals surface area contributed by atoms with Crippen molar-refractivity contribution in [3.8, 4) is 0 Å². The number of fused-ring (bicyclic) bond motifs is 1. The zero-order valence-electron chi connectivity index (χ0n) is 9.06. The Hall–Kier alpha value is -1.91. The third-order valence-corrected chi connectivity index (χ3v) is 3.10. The van der Waals surface area contributed by atoms with Crippen LogP contribution in [0, 0.1) is 11.7 Å². The minimum Gasteiger partial charge on any atom is -0.476 e. The normalized spacial score (nSPS) is 15.4. The first-order chi connectivity index (χ1) is 8.18. The van der Waals surface area contributed by atoms with E-state index in [9.17, 15) is 9.18 Å². The number of aromatic nitrogens is 2. The summed E-state index contributed by atoms with van der Waals surface area (Å²) in [5.41, 5.74) is 0.153. The van der Waals surface area contributed by atoms with Gasteiger partial charge in [0.2, 0.25) is 0 Å². The van der Waals surface area contributed by atoms with Gasteiger partial charge in [-0.25, -0.2) is 14.2 Å². The fourth-order valence-electron chi connectivity index (χ4n) is 2.08. The maximum Gasteiger partial charge on any atom is 0.355 e. The Kier molecular flexibility index (Phi) is 2.14. The number of aromatic carboxylic acids is 1. The van der Waals surface area contributed by atoms with E-state index in [1.807, 2.05) is 0 Å². The van der Waals surface area contributed by atoms with Crippen LogP contribution in [0.1, 0.15) is 23.3 Å². The molecule has 0 saturated heterocycles. The Morgan fingerprint density at radius 1 is 1.59 bits per heavy atom. The van der Waals surface area contributed by atoms with Crippen molar-refractivity contribution in [1.29, 1.82) is 0 Å². The summed E-state index contributed by atoms with van der Waals surface area (Å²) in [5, 5.41) is 9.38. The number of hydrogen-bond donors (Lipinski definition) is 1. The monoisotopic (exact) mass is 234 g/mol. The van der Waals surface area contributed by atoms with Gasteiger partial charge in [0.25, 0.3) is 0 Å². The van der Waals surface area contributed by atoms with Crippen LogP contribution in [-0.2, 0) is 6.54 Å². The molecule has 2 aromatic heterocycles. The zero-order valence-corrected chi connectivity index (χ0v) is 9.06. The fourth-order valence-corrected chi connectivity index (χ4v) is 2.08. The van der Waals surface area contributed by atoms with E-state index in [1.165, 1.54) is 4.57 Å². The van der Waals surface area contributed by atoms with Gasteiger partial charge in [-0.2, -0.15) is 0 Å². The predicted octanol–water partition coefficient (Wildman–Crippen LogP) is 2.28. The highest BCUT2D eigenvalue weighted by Gasteiger charge is 2.28. The largest absolute Gasteiger partial charge is 0.476 e. The van der Waals surface area contributed by atoms with Gasteiger partial charge < -0.3 is 9.67 Å². The summed E-state index contributed by atoms with van der Waals surface area (Å²) in [6.07, 6.45) is 3.71. The van der Waals surface area contributed by atoms with Gasteiger partial charge in [0.1, 0.15) is 5.65 Å². The summed E-state index contributed by atoms with van der Waals surface area (Å²) in [6, 6.07) is 3.17. The number of hydrogen-bond acceptors (Lipinski definition) is 2. The van der Waals surface area contributed by atoms with E-state index < -0.39 is 11.8 Å². The van der Waals surface area contributed by atoms with Gasteiger partial charge in [-0.15, -0.1) is 0 Å². The highest BCUT2D eigenvalue weighted by Crippen LogP contribution is 2.33. The van der Waals surface area contributed by atoms with Crippen LogP contribution in [0.4, 0.5) is 4.39 Å². The molecule has 17 heavy (non-hydrogen) atoms. The fraction of sp³-hybridized carbons (Fsp3) is 0.333. The van der Waals surface area contributed by atoms with Gasteiger partial charge in [0, 0.05) is 12.7 Å². The Morgan fingerprint density at radius 3 is 3.00 bits per heavy atom. The standard InChI is InChI=1S/C12H11FN2O2/c13-9-8-2-1-5-14-11(8)15(6-7-3-4-7)10(9)12(16)17/h1-2,5,7H,3-4,6H2,(H,16,17). The van der Waals surface area contributed by atoms with Crippen LogP contribution in [0.15, 0.2) is 18.3 Å². The molecule has 0 atom stereocenters. The molecule has 0 amide bonds. The average Bonchev–Trinajstić information content (AvgIpc) is 3.06. The highest BCUT2D eigenvalue weighted by molar-refractivity contribution is 5.94. The number of nitrogens with zero attached hydrogens (tertiary/aromatic N) is 2. The number of halogens is 1. The number of rotatable bonds is 3. The number of carboxylic acid groups (broad SMARTS) is 1. The smallest absolute Gasteiger partial charge is 0.355 e. The van der Waals surface area contributed by atoms with Crippen LogP contribution in [-0.4, -0.2) is 20.6 Å². The molecule has 1 aliphatic carbocycles. The highest BCUT2D eigenvalue weighted by atomic mass is 19.1. The van der Waals surface area contributed by atoms with Crippen LogP contribution in [0.5, 0.6) is 0 Å². The number of carboxylic acids is 1. The SMILES string of the molecule is O=C(O)c1c(F)c2cccnc2n1CC1CC1. The van der Waals surface area contributed by atoms with Crippen LogP contribution in [0.25, 0.3) is 11.0 Å². The second kappa shape index (κ2) is 3.55. The van der Waals surface area contributed by atoms with Crippen molar-refractivity contribution in [1.82, 2.24) is 9.55 Å². The lowest BCUT2D eigenvalue weighted by Gasteiger charge is -2.05. The third kappa shape index (κ3) is 1.58. The molecule has 88 valence electrons. The number of carbonyl (C=O) groups is 1. The van der Waals surface area contributed by atoms with E-state index >= 15 is 0 Å². The molecule has 0 radical (unpaired) electrons. The van der Waals surface area contributed by atoms with Crippen molar-refractivity contribution in [2.24, 2.45) is 5.92 Å². The van der Waals surface area contributed by atoms with E-state index in [0.717, 1.165) is 12.8 Å².